The van der Waals surface area contributed by atoms with Crippen LogP contribution in [-0.4, -0.2) is 38.0 Å². The number of carbonyl (C=O) groups is 1. The van der Waals surface area contributed by atoms with Crippen LogP contribution in [0.3, 0.4) is 0 Å². The molecule has 7 nitrogen and oxygen atoms in total. The average Bonchev–Trinajstić information content (AvgIpc) is 2.95. The SMILES string of the molecule is CCOC(=O)c1sc(N/N=C\c2cc(Br)c(OC)c(OC)c2)nc1C. The Morgan fingerprint density at radius 3 is 2.80 bits per heavy atom. The number of aryl methyl sites for hydroxylation is 1. The molecule has 0 atom stereocenters. The van der Waals surface area contributed by atoms with Gasteiger partial charge < -0.3 is 14.2 Å². The van der Waals surface area contributed by atoms with Crippen molar-refractivity contribution in [2.45, 2.75) is 13.8 Å². The zero-order chi connectivity index (χ0) is 18.4. The molecule has 0 aliphatic rings. The lowest BCUT2D eigenvalue weighted by molar-refractivity contribution is 0.0531. The fraction of sp³-hybridized carbons (Fsp3) is 0.312. The molecule has 0 bridgehead atoms. The van der Waals surface area contributed by atoms with Crippen molar-refractivity contribution < 1.29 is 19.0 Å². The highest BCUT2D eigenvalue weighted by atomic mass is 79.9. The highest BCUT2D eigenvalue weighted by Gasteiger charge is 2.16. The Bertz CT molecular complexity index is 792. The number of nitrogens with zero attached hydrogens (tertiary/aromatic N) is 2. The van der Waals surface area contributed by atoms with E-state index >= 15 is 0 Å². The predicted molar refractivity (Wildman–Crippen MR) is 101 cm³/mol. The third-order valence-corrected chi connectivity index (χ3v) is 4.72. The summed E-state index contributed by atoms with van der Waals surface area (Å²) in [5.41, 5.74) is 4.23. The number of thiazole rings is 1. The highest BCUT2D eigenvalue weighted by Crippen LogP contribution is 2.35. The fourth-order valence-corrected chi connectivity index (χ4v) is 3.44. The maximum Gasteiger partial charge on any atom is 0.350 e. The minimum absolute atomic E-state index is 0.325. The molecule has 25 heavy (non-hydrogen) atoms. The molecule has 1 N–H and O–H groups in total. The number of aromatic nitrogens is 1. The first-order chi connectivity index (χ1) is 12.0. The Hall–Kier alpha value is -2.13. The summed E-state index contributed by atoms with van der Waals surface area (Å²) in [5, 5.41) is 4.66. The molecule has 0 saturated heterocycles. The van der Waals surface area contributed by atoms with Gasteiger partial charge in [0.25, 0.3) is 0 Å². The maximum atomic E-state index is 11.8. The second-order valence-electron chi connectivity index (χ2n) is 4.76. The van der Waals surface area contributed by atoms with Crippen molar-refractivity contribution in [2.75, 3.05) is 26.3 Å². The second-order valence-corrected chi connectivity index (χ2v) is 6.62. The van der Waals surface area contributed by atoms with Crippen molar-refractivity contribution in [3.8, 4) is 11.5 Å². The van der Waals surface area contributed by atoms with Gasteiger partial charge >= 0.3 is 5.97 Å². The molecule has 1 heterocycles. The Labute approximate surface area is 158 Å². The summed E-state index contributed by atoms with van der Waals surface area (Å²) < 4.78 is 16.3. The lowest BCUT2D eigenvalue weighted by atomic mass is 10.2. The standard InChI is InChI=1S/C16H18BrN3O4S/c1-5-24-15(21)14-9(2)19-16(25-14)20-18-8-10-6-11(17)13(23-4)12(7-10)22-3/h6-8H,5H2,1-4H3,(H,19,20)/b18-8-. The van der Waals surface area contributed by atoms with Crippen molar-refractivity contribution in [1.29, 1.82) is 0 Å². The molecule has 0 radical (unpaired) electrons. The molecule has 2 rings (SSSR count). The van der Waals surface area contributed by atoms with E-state index in [0.29, 0.717) is 33.8 Å². The van der Waals surface area contributed by atoms with Crippen molar-refractivity contribution in [3.63, 3.8) is 0 Å². The van der Waals surface area contributed by atoms with E-state index in [-0.39, 0.29) is 5.97 Å². The van der Waals surface area contributed by atoms with Crippen LogP contribution in [0, 0.1) is 6.92 Å². The normalized spacial score (nSPS) is 10.8. The first-order valence-corrected chi connectivity index (χ1v) is 8.96. The molecule has 9 heteroatoms. The molecule has 0 unspecified atom stereocenters. The van der Waals surface area contributed by atoms with Crippen molar-refractivity contribution >= 4 is 44.6 Å². The number of benzene rings is 1. The number of carbonyl (C=O) groups excluding carboxylic acids is 1. The molecule has 2 aromatic rings. The Morgan fingerprint density at radius 1 is 1.40 bits per heavy atom. The number of hydrogen-bond acceptors (Lipinski definition) is 8. The zero-order valence-electron chi connectivity index (χ0n) is 14.3. The number of methoxy groups -OCH3 is 2. The summed E-state index contributed by atoms with van der Waals surface area (Å²) in [6, 6.07) is 3.65. The summed E-state index contributed by atoms with van der Waals surface area (Å²) in [5.74, 6) is 0.827. The van der Waals surface area contributed by atoms with E-state index in [1.807, 2.05) is 6.07 Å². The topological polar surface area (TPSA) is 82.0 Å². The molecule has 0 amide bonds. The number of rotatable bonds is 7. The van der Waals surface area contributed by atoms with E-state index in [4.69, 9.17) is 14.2 Å². The molecule has 134 valence electrons. The lowest BCUT2D eigenvalue weighted by Crippen LogP contribution is -2.03. The molecule has 0 aliphatic heterocycles. The number of anilines is 1. The van der Waals surface area contributed by atoms with Crippen molar-refractivity contribution in [1.82, 2.24) is 4.98 Å². The third-order valence-electron chi connectivity index (χ3n) is 3.09. The molecule has 0 aliphatic carbocycles. The van der Waals surface area contributed by atoms with E-state index in [0.717, 1.165) is 10.0 Å². The lowest BCUT2D eigenvalue weighted by Gasteiger charge is -2.10. The van der Waals surface area contributed by atoms with Gasteiger partial charge in [0.2, 0.25) is 5.13 Å². The largest absolute Gasteiger partial charge is 0.493 e. The maximum absolute atomic E-state index is 11.8. The molecular weight excluding hydrogens is 410 g/mol. The van der Waals surface area contributed by atoms with Crippen LogP contribution in [0.1, 0.15) is 27.9 Å². The monoisotopic (exact) mass is 427 g/mol. The van der Waals surface area contributed by atoms with E-state index in [2.05, 4.69) is 31.4 Å². The molecule has 1 aromatic heterocycles. The first kappa shape index (κ1) is 19.2. The van der Waals surface area contributed by atoms with Crippen LogP contribution < -0.4 is 14.9 Å². The van der Waals surface area contributed by atoms with E-state index < -0.39 is 0 Å². The van der Waals surface area contributed by atoms with Crippen molar-refractivity contribution in [3.05, 3.63) is 32.7 Å². The van der Waals surface area contributed by atoms with Crippen molar-refractivity contribution in [2.24, 2.45) is 5.10 Å². The first-order valence-electron chi connectivity index (χ1n) is 7.35. The number of esters is 1. The van der Waals surface area contributed by atoms with Crippen LogP contribution in [0.25, 0.3) is 0 Å². The van der Waals surface area contributed by atoms with Crippen LogP contribution in [0.15, 0.2) is 21.7 Å². The van der Waals surface area contributed by atoms with Gasteiger partial charge in [0, 0.05) is 0 Å². The van der Waals surface area contributed by atoms with Crippen LogP contribution in [-0.2, 0) is 4.74 Å². The van der Waals surface area contributed by atoms with Gasteiger partial charge in [-0.3, -0.25) is 5.43 Å². The van der Waals surface area contributed by atoms with Gasteiger partial charge in [0.05, 0.1) is 37.2 Å². The quantitative estimate of drug-likeness (QED) is 0.410. The van der Waals surface area contributed by atoms with E-state index in [9.17, 15) is 4.79 Å². The van der Waals surface area contributed by atoms with Crippen LogP contribution in [0.2, 0.25) is 0 Å². The average molecular weight is 428 g/mol. The second kappa shape index (κ2) is 8.82. The smallest absolute Gasteiger partial charge is 0.350 e. The number of ether oxygens (including phenoxy) is 3. The van der Waals surface area contributed by atoms with Gasteiger partial charge in [-0.15, -0.1) is 0 Å². The Balaban J connectivity index is 2.12. The Morgan fingerprint density at radius 2 is 2.16 bits per heavy atom. The summed E-state index contributed by atoms with van der Waals surface area (Å²) in [6.07, 6.45) is 1.62. The number of hydrogen-bond donors (Lipinski definition) is 1. The van der Waals surface area contributed by atoms with Gasteiger partial charge in [0.15, 0.2) is 11.5 Å². The van der Waals surface area contributed by atoms with Gasteiger partial charge in [0.1, 0.15) is 4.88 Å². The Kier molecular flexibility index (Phi) is 6.77. The molecule has 0 saturated carbocycles. The number of nitrogens with one attached hydrogen (secondary N) is 1. The van der Waals surface area contributed by atoms with E-state index in [1.165, 1.54) is 11.3 Å². The van der Waals surface area contributed by atoms with E-state index in [1.54, 1.807) is 40.3 Å². The van der Waals surface area contributed by atoms with Gasteiger partial charge in [-0.25, -0.2) is 9.78 Å². The van der Waals surface area contributed by atoms with Crippen LogP contribution >= 0.6 is 27.3 Å². The summed E-state index contributed by atoms with van der Waals surface area (Å²) >= 11 is 4.63. The molecular formula is C16H18BrN3O4S. The van der Waals surface area contributed by atoms with Gasteiger partial charge in [-0.1, -0.05) is 11.3 Å². The zero-order valence-corrected chi connectivity index (χ0v) is 16.7. The minimum atomic E-state index is -0.377. The van der Waals surface area contributed by atoms with Gasteiger partial charge in [-0.05, 0) is 47.5 Å². The number of halogens is 1. The summed E-state index contributed by atoms with van der Waals surface area (Å²) in [7, 11) is 3.14. The molecule has 1 aromatic carbocycles. The number of hydrazone groups is 1. The fourth-order valence-electron chi connectivity index (χ4n) is 2.00. The molecule has 0 fully saturated rings. The predicted octanol–water partition coefficient (Wildman–Crippen LogP) is 3.85. The minimum Gasteiger partial charge on any atom is -0.493 e. The molecule has 0 spiro atoms. The third kappa shape index (κ3) is 4.70. The summed E-state index contributed by atoms with van der Waals surface area (Å²) in [4.78, 5) is 16.5. The van der Waals surface area contributed by atoms with Crippen LogP contribution in [0.5, 0.6) is 11.5 Å². The summed E-state index contributed by atoms with van der Waals surface area (Å²) in [6.45, 7) is 3.84. The van der Waals surface area contributed by atoms with Gasteiger partial charge in [-0.2, -0.15) is 5.10 Å². The van der Waals surface area contributed by atoms with Crippen LogP contribution in [0.4, 0.5) is 5.13 Å². The highest BCUT2D eigenvalue weighted by molar-refractivity contribution is 9.10.